The van der Waals surface area contributed by atoms with Crippen molar-refractivity contribution in [2.75, 3.05) is 0 Å². The second kappa shape index (κ2) is 6.10. The van der Waals surface area contributed by atoms with Crippen LogP contribution in [0.1, 0.15) is 50.4 Å². The zero-order valence-electron chi connectivity index (χ0n) is 11.1. The lowest BCUT2D eigenvalue weighted by Crippen LogP contribution is -2.34. The number of carbonyl (C=O) groups is 1. The monoisotopic (exact) mass is 269 g/mol. The minimum atomic E-state index is -0.562. The SMILES string of the molecule is CCC(CC)(CC)Oc1cccc(Cl)c1C(N)=O. The van der Waals surface area contributed by atoms with E-state index in [0.29, 0.717) is 10.8 Å². The molecule has 2 N–H and O–H groups in total. The molecular weight excluding hydrogens is 250 g/mol. The number of carbonyl (C=O) groups excluding carboxylic acids is 1. The first-order valence-corrected chi connectivity index (χ1v) is 6.64. The van der Waals surface area contributed by atoms with Crippen LogP contribution >= 0.6 is 11.6 Å². The van der Waals surface area contributed by atoms with Crippen molar-refractivity contribution >= 4 is 17.5 Å². The highest BCUT2D eigenvalue weighted by Crippen LogP contribution is 2.32. The number of benzene rings is 1. The summed E-state index contributed by atoms with van der Waals surface area (Å²) >= 11 is 6.00. The molecule has 0 saturated carbocycles. The first kappa shape index (κ1) is 14.8. The largest absolute Gasteiger partial charge is 0.486 e. The molecule has 0 radical (unpaired) electrons. The molecule has 0 aliphatic heterocycles. The molecule has 0 aliphatic rings. The summed E-state index contributed by atoms with van der Waals surface area (Å²) in [6, 6.07) is 5.14. The third-order valence-electron chi connectivity index (χ3n) is 3.48. The number of hydrogen-bond donors (Lipinski definition) is 1. The summed E-state index contributed by atoms with van der Waals surface area (Å²) in [6.07, 6.45) is 2.60. The fourth-order valence-corrected chi connectivity index (χ4v) is 2.29. The third kappa shape index (κ3) is 2.96. The molecule has 0 bridgehead atoms. The molecule has 0 unspecified atom stereocenters. The van der Waals surface area contributed by atoms with Gasteiger partial charge in [-0.25, -0.2) is 0 Å². The molecule has 1 aromatic rings. The Balaban J connectivity index is 3.18. The normalized spacial score (nSPS) is 11.3. The molecule has 3 nitrogen and oxygen atoms in total. The Labute approximate surface area is 113 Å². The quantitative estimate of drug-likeness (QED) is 0.854. The standard InChI is InChI=1S/C14H20ClNO2/c1-4-14(5-2,6-3)18-11-9-7-8-10(15)12(11)13(16)17/h7-9H,4-6H2,1-3H3,(H2,16,17). The van der Waals surface area contributed by atoms with Crippen LogP contribution in [0.25, 0.3) is 0 Å². The second-order valence-corrected chi connectivity index (χ2v) is 4.73. The van der Waals surface area contributed by atoms with Crippen molar-refractivity contribution in [1.29, 1.82) is 0 Å². The van der Waals surface area contributed by atoms with E-state index in [1.807, 2.05) is 0 Å². The van der Waals surface area contributed by atoms with Gasteiger partial charge in [0.15, 0.2) is 0 Å². The summed E-state index contributed by atoms with van der Waals surface area (Å²) in [5.41, 5.74) is 5.35. The van der Waals surface area contributed by atoms with E-state index in [1.54, 1.807) is 18.2 Å². The molecule has 100 valence electrons. The van der Waals surface area contributed by atoms with Crippen LogP contribution in [0.5, 0.6) is 5.75 Å². The van der Waals surface area contributed by atoms with Gasteiger partial charge in [-0.15, -0.1) is 0 Å². The molecule has 0 aromatic heterocycles. The first-order valence-electron chi connectivity index (χ1n) is 6.27. The fourth-order valence-electron chi connectivity index (χ4n) is 2.03. The van der Waals surface area contributed by atoms with Gasteiger partial charge in [-0.1, -0.05) is 38.4 Å². The minimum Gasteiger partial charge on any atom is -0.486 e. The van der Waals surface area contributed by atoms with Crippen molar-refractivity contribution in [3.63, 3.8) is 0 Å². The van der Waals surface area contributed by atoms with E-state index in [4.69, 9.17) is 22.1 Å². The number of amides is 1. The highest BCUT2D eigenvalue weighted by molar-refractivity contribution is 6.34. The number of primary amides is 1. The molecule has 1 aromatic carbocycles. The van der Waals surface area contributed by atoms with E-state index < -0.39 is 5.91 Å². The van der Waals surface area contributed by atoms with Gasteiger partial charge in [0.2, 0.25) is 0 Å². The lowest BCUT2D eigenvalue weighted by Gasteiger charge is -2.32. The Morgan fingerprint density at radius 3 is 2.28 bits per heavy atom. The zero-order valence-corrected chi connectivity index (χ0v) is 11.9. The molecule has 1 rings (SSSR count). The van der Waals surface area contributed by atoms with Crippen molar-refractivity contribution < 1.29 is 9.53 Å². The van der Waals surface area contributed by atoms with E-state index in [2.05, 4.69) is 20.8 Å². The highest BCUT2D eigenvalue weighted by Gasteiger charge is 2.28. The van der Waals surface area contributed by atoms with Crippen molar-refractivity contribution in [3.05, 3.63) is 28.8 Å². The minimum absolute atomic E-state index is 0.263. The van der Waals surface area contributed by atoms with Crippen molar-refractivity contribution in [2.24, 2.45) is 5.73 Å². The average Bonchev–Trinajstić information content (AvgIpc) is 2.35. The van der Waals surface area contributed by atoms with Gasteiger partial charge in [0.1, 0.15) is 11.4 Å². The molecule has 0 heterocycles. The fraction of sp³-hybridized carbons (Fsp3) is 0.500. The van der Waals surface area contributed by atoms with Gasteiger partial charge in [-0.05, 0) is 31.4 Å². The number of hydrogen-bond acceptors (Lipinski definition) is 2. The van der Waals surface area contributed by atoms with Gasteiger partial charge >= 0.3 is 0 Å². The topological polar surface area (TPSA) is 52.3 Å². The van der Waals surface area contributed by atoms with Crippen molar-refractivity contribution in [1.82, 2.24) is 0 Å². The number of ether oxygens (including phenoxy) is 1. The highest BCUT2D eigenvalue weighted by atomic mass is 35.5. The Bertz CT molecular complexity index is 420. The molecule has 0 fully saturated rings. The van der Waals surface area contributed by atoms with Crippen LogP contribution in [0.3, 0.4) is 0 Å². The second-order valence-electron chi connectivity index (χ2n) is 4.32. The van der Waals surface area contributed by atoms with Gasteiger partial charge in [0.05, 0.1) is 10.6 Å². The third-order valence-corrected chi connectivity index (χ3v) is 3.80. The molecule has 18 heavy (non-hydrogen) atoms. The molecule has 0 spiro atoms. The van der Waals surface area contributed by atoms with Gasteiger partial charge in [-0.3, -0.25) is 4.79 Å². The number of nitrogens with two attached hydrogens (primary N) is 1. The van der Waals surface area contributed by atoms with Crippen LogP contribution < -0.4 is 10.5 Å². The lowest BCUT2D eigenvalue weighted by molar-refractivity contribution is 0.0547. The molecule has 1 amide bonds. The summed E-state index contributed by atoms with van der Waals surface area (Å²) < 4.78 is 6.04. The molecular formula is C14H20ClNO2. The number of rotatable bonds is 6. The molecule has 0 atom stereocenters. The summed E-state index contributed by atoms with van der Waals surface area (Å²) in [7, 11) is 0. The predicted octanol–water partition coefficient (Wildman–Crippen LogP) is 3.79. The van der Waals surface area contributed by atoms with Gasteiger partial charge in [0, 0.05) is 0 Å². The number of halogens is 1. The smallest absolute Gasteiger partial charge is 0.253 e. The summed E-state index contributed by atoms with van der Waals surface area (Å²) in [4.78, 5) is 11.5. The van der Waals surface area contributed by atoms with Crippen LogP contribution in [0.4, 0.5) is 0 Å². The Morgan fingerprint density at radius 2 is 1.83 bits per heavy atom. The Morgan fingerprint density at radius 1 is 1.28 bits per heavy atom. The van der Waals surface area contributed by atoms with Crippen LogP contribution in [-0.2, 0) is 0 Å². The van der Waals surface area contributed by atoms with Gasteiger partial charge < -0.3 is 10.5 Å². The maximum absolute atomic E-state index is 11.5. The van der Waals surface area contributed by atoms with E-state index in [1.165, 1.54) is 0 Å². The molecule has 0 aliphatic carbocycles. The van der Waals surface area contributed by atoms with Gasteiger partial charge in [0.25, 0.3) is 5.91 Å². The van der Waals surface area contributed by atoms with E-state index >= 15 is 0 Å². The van der Waals surface area contributed by atoms with E-state index in [0.717, 1.165) is 19.3 Å². The van der Waals surface area contributed by atoms with E-state index in [-0.39, 0.29) is 11.2 Å². The average molecular weight is 270 g/mol. The molecule has 0 saturated heterocycles. The summed E-state index contributed by atoms with van der Waals surface area (Å²) in [5, 5.41) is 0.331. The van der Waals surface area contributed by atoms with Crippen molar-refractivity contribution in [2.45, 2.75) is 45.6 Å². The Kier molecular flexibility index (Phi) is 5.03. The van der Waals surface area contributed by atoms with Crippen LogP contribution in [0.2, 0.25) is 5.02 Å². The van der Waals surface area contributed by atoms with Gasteiger partial charge in [-0.2, -0.15) is 0 Å². The zero-order chi connectivity index (χ0) is 13.8. The lowest BCUT2D eigenvalue weighted by atomic mass is 9.94. The predicted molar refractivity (Wildman–Crippen MR) is 74.2 cm³/mol. The summed E-state index contributed by atoms with van der Waals surface area (Å²) in [5.74, 6) is -0.0895. The maximum Gasteiger partial charge on any atom is 0.253 e. The van der Waals surface area contributed by atoms with Crippen LogP contribution in [0.15, 0.2) is 18.2 Å². The molecule has 4 heteroatoms. The van der Waals surface area contributed by atoms with Crippen LogP contribution in [-0.4, -0.2) is 11.5 Å². The first-order chi connectivity index (χ1) is 8.49. The van der Waals surface area contributed by atoms with E-state index in [9.17, 15) is 4.79 Å². The summed E-state index contributed by atoms with van der Waals surface area (Å²) in [6.45, 7) is 6.21. The van der Waals surface area contributed by atoms with Crippen molar-refractivity contribution in [3.8, 4) is 5.75 Å². The maximum atomic E-state index is 11.5. The van der Waals surface area contributed by atoms with Crippen LogP contribution in [0, 0.1) is 0 Å². The Hall–Kier alpha value is -1.22.